The maximum absolute atomic E-state index is 2.53. The second kappa shape index (κ2) is 9.46. The zero-order valence-electron chi connectivity index (χ0n) is 23.6. The van der Waals surface area contributed by atoms with Crippen LogP contribution in [0.5, 0.6) is 0 Å². The number of benzene rings is 7. The van der Waals surface area contributed by atoms with Gasteiger partial charge in [-0.25, -0.2) is 0 Å². The molecule has 0 nitrogen and oxygen atoms in total. The standard InChI is InChI=1S/C41H32/c1-3-26(2)31-24-38-36(40-32-16-8-4-12-27(32)22-28-13-5-9-17-33(28)40)20-21-37(39(38)25-31)41-34-18-10-6-14-29(34)23-30-15-7-11-19-35(30)41/h4-24,26H,3,25H2,1-2H3. The van der Waals surface area contributed by atoms with Crippen LogP contribution in [0.2, 0.25) is 0 Å². The first-order chi connectivity index (χ1) is 20.2. The molecular formula is C41H32. The van der Waals surface area contributed by atoms with E-state index < -0.39 is 0 Å². The monoisotopic (exact) mass is 524 g/mol. The Labute approximate surface area is 241 Å². The van der Waals surface area contributed by atoms with Gasteiger partial charge in [0.15, 0.2) is 0 Å². The van der Waals surface area contributed by atoms with E-state index in [1.807, 2.05) is 0 Å². The van der Waals surface area contributed by atoms with E-state index in [4.69, 9.17) is 0 Å². The summed E-state index contributed by atoms with van der Waals surface area (Å²) in [6, 6.07) is 45.1. The van der Waals surface area contributed by atoms with Gasteiger partial charge in [-0.15, -0.1) is 0 Å². The molecule has 0 N–H and O–H groups in total. The molecule has 8 rings (SSSR count). The van der Waals surface area contributed by atoms with Gasteiger partial charge in [-0.1, -0.05) is 135 Å². The highest BCUT2D eigenvalue weighted by molar-refractivity contribution is 6.16. The summed E-state index contributed by atoms with van der Waals surface area (Å²) >= 11 is 0. The molecule has 1 aliphatic rings. The van der Waals surface area contributed by atoms with E-state index in [0.717, 1.165) is 12.8 Å². The minimum Gasteiger partial charge on any atom is -0.0648 e. The number of fused-ring (bicyclic) bond motifs is 5. The molecule has 0 radical (unpaired) electrons. The van der Waals surface area contributed by atoms with Crippen molar-refractivity contribution in [2.45, 2.75) is 26.7 Å². The molecule has 41 heavy (non-hydrogen) atoms. The number of hydrogen-bond acceptors (Lipinski definition) is 0. The van der Waals surface area contributed by atoms with Crippen LogP contribution in [0.15, 0.2) is 127 Å². The number of hydrogen-bond donors (Lipinski definition) is 0. The van der Waals surface area contributed by atoms with Crippen molar-refractivity contribution >= 4 is 49.2 Å². The predicted molar refractivity (Wildman–Crippen MR) is 178 cm³/mol. The summed E-state index contributed by atoms with van der Waals surface area (Å²) in [5.74, 6) is 0.552. The number of allylic oxidation sites excluding steroid dienone is 1. The lowest BCUT2D eigenvalue weighted by Gasteiger charge is -2.19. The lowest BCUT2D eigenvalue weighted by atomic mass is 9.84. The van der Waals surface area contributed by atoms with E-state index in [9.17, 15) is 0 Å². The zero-order valence-corrected chi connectivity index (χ0v) is 23.6. The first kappa shape index (κ1) is 24.1. The summed E-state index contributed by atoms with van der Waals surface area (Å²) in [5.41, 5.74) is 9.85. The van der Waals surface area contributed by atoms with Gasteiger partial charge in [-0.3, -0.25) is 0 Å². The smallest absolute Gasteiger partial charge is 0.00207 e. The highest BCUT2D eigenvalue weighted by Crippen LogP contribution is 2.48. The molecule has 7 aromatic carbocycles. The van der Waals surface area contributed by atoms with Crippen molar-refractivity contribution in [1.29, 1.82) is 0 Å². The summed E-state index contributed by atoms with van der Waals surface area (Å²) in [6.07, 6.45) is 4.69. The quantitative estimate of drug-likeness (QED) is 0.201. The Balaban J connectivity index is 1.49. The normalized spacial score (nSPS) is 13.7. The Kier molecular flexibility index (Phi) is 5.57. The van der Waals surface area contributed by atoms with Crippen molar-refractivity contribution in [2.24, 2.45) is 5.92 Å². The lowest BCUT2D eigenvalue weighted by molar-refractivity contribution is 0.647. The molecule has 7 aromatic rings. The van der Waals surface area contributed by atoms with Gasteiger partial charge < -0.3 is 0 Å². The Morgan fingerprint density at radius 1 is 0.537 bits per heavy atom. The van der Waals surface area contributed by atoms with E-state index >= 15 is 0 Å². The Morgan fingerprint density at radius 2 is 0.951 bits per heavy atom. The third-order valence-electron chi connectivity index (χ3n) is 9.39. The van der Waals surface area contributed by atoms with Crippen molar-refractivity contribution < 1.29 is 0 Å². The molecular weight excluding hydrogens is 492 g/mol. The molecule has 196 valence electrons. The molecule has 0 heteroatoms. The van der Waals surface area contributed by atoms with Crippen LogP contribution in [0, 0.1) is 5.92 Å². The minimum absolute atomic E-state index is 0.552. The van der Waals surface area contributed by atoms with E-state index in [1.165, 1.54) is 76.5 Å². The molecule has 0 aromatic heterocycles. The van der Waals surface area contributed by atoms with Gasteiger partial charge in [0.05, 0.1) is 0 Å². The van der Waals surface area contributed by atoms with Crippen LogP contribution >= 0.6 is 0 Å². The van der Waals surface area contributed by atoms with E-state index in [0.29, 0.717) is 5.92 Å². The molecule has 1 atom stereocenters. The summed E-state index contributed by atoms with van der Waals surface area (Å²) in [7, 11) is 0. The first-order valence-electron chi connectivity index (χ1n) is 14.9. The third-order valence-corrected chi connectivity index (χ3v) is 9.39. The van der Waals surface area contributed by atoms with Crippen LogP contribution in [0.3, 0.4) is 0 Å². The largest absolute Gasteiger partial charge is 0.0648 e. The maximum Gasteiger partial charge on any atom is -0.00207 e. The summed E-state index contributed by atoms with van der Waals surface area (Å²) in [5, 5.41) is 10.5. The van der Waals surface area contributed by atoms with Crippen LogP contribution in [0.25, 0.3) is 71.4 Å². The molecule has 1 unspecified atom stereocenters. The second-order valence-electron chi connectivity index (χ2n) is 11.6. The van der Waals surface area contributed by atoms with Gasteiger partial charge in [-0.2, -0.15) is 0 Å². The fourth-order valence-electron chi connectivity index (χ4n) is 7.10. The van der Waals surface area contributed by atoms with Crippen molar-refractivity contribution in [3.8, 4) is 22.3 Å². The summed E-state index contributed by atoms with van der Waals surface area (Å²) in [4.78, 5) is 0. The van der Waals surface area contributed by atoms with Crippen molar-refractivity contribution in [3.05, 3.63) is 138 Å². The lowest BCUT2D eigenvalue weighted by Crippen LogP contribution is -1.99. The van der Waals surface area contributed by atoms with Gasteiger partial charge in [0.2, 0.25) is 0 Å². The molecule has 0 aliphatic heterocycles. The van der Waals surface area contributed by atoms with E-state index in [-0.39, 0.29) is 0 Å². The topological polar surface area (TPSA) is 0 Å². The Bertz CT molecular complexity index is 2070. The van der Waals surface area contributed by atoms with Gasteiger partial charge in [0.25, 0.3) is 0 Å². The summed E-state index contributed by atoms with van der Waals surface area (Å²) < 4.78 is 0. The second-order valence-corrected chi connectivity index (χ2v) is 11.6. The summed E-state index contributed by atoms with van der Waals surface area (Å²) in [6.45, 7) is 4.70. The fourth-order valence-corrected chi connectivity index (χ4v) is 7.10. The molecule has 1 aliphatic carbocycles. The molecule has 0 spiro atoms. The average molecular weight is 525 g/mol. The van der Waals surface area contributed by atoms with Crippen LogP contribution in [0.4, 0.5) is 0 Å². The average Bonchev–Trinajstić information content (AvgIpc) is 3.48. The SMILES string of the molecule is CCC(C)C1=Cc2c(-c3c4ccccc4cc4ccccc34)ccc(-c3c4ccccc4cc4ccccc34)c2C1. The van der Waals surface area contributed by atoms with Gasteiger partial charge >= 0.3 is 0 Å². The molecule has 0 amide bonds. The fraction of sp³-hybridized carbons (Fsp3) is 0.122. The Hall–Kier alpha value is -4.68. The molecule has 0 bridgehead atoms. The van der Waals surface area contributed by atoms with E-state index in [1.54, 1.807) is 5.57 Å². The highest BCUT2D eigenvalue weighted by atomic mass is 14.3. The minimum atomic E-state index is 0.552. The Morgan fingerprint density at radius 3 is 1.41 bits per heavy atom. The van der Waals surface area contributed by atoms with Gasteiger partial charge in [-0.05, 0) is 107 Å². The van der Waals surface area contributed by atoms with Gasteiger partial charge in [0.1, 0.15) is 0 Å². The van der Waals surface area contributed by atoms with Crippen LogP contribution in [-0.2, 0) is 6.42 Å². The van der Waals surface area contributed by atoms with Gasteiger partial charge in [0, 0.05) is 0 Å². The van der Waals surface area contributed by atoms with Crippen LogP contribution in [0.1, 0.15) is 31.4 Å². The predicted octanol–water partition coefficient (Wildman–Crippen LogP) is 11.6. The van der Waals surface area contributed by atoms with Crippen LogP contribution in [-0.4, -0.2) is 0 Å². The van der Waals surface area contributed by atoms with E-state index in [2.05, 4.69) is 141 Å². The zero-order chi connectivity index (χ0) is 27.5. The molecule has 0 fully saturated rings. The van der Waals surface area contributed by atoms with Crippen molar-refractivity contribution in [3.63, 3.8) is 0 Å². The molecule has 0 saturated carbocycles. The van der Waals surface area contributed by atoms with Crippen molar-refractivity contribution in [2.75, 3.05) is 0 Å². The molecule has 0 saturated heterocycles. The molecule has 0 heterocycles. The third kappa shape index (κ3) is 3.75. The van der Waals surface area contributed by atoms with Crippen LogP contribution < -0.4 is 0 Å². The maximum atomic E-state index is 2.53. The number of rotatable bonds is 4. The first-order valence-corrected chi connectivity index (χ1v) is 14.9. The van der Waals surface area contributed by atoms with Crippen molar-refractivity contribution in [1.82, 2.24) is 0 Å². The highest BCUT2D eigenvalue weighted by Gasteiger charge is 2.26.